The molecule has 0 aromatic carbocycles. The predicted octanol–water partition coefficient (Wildman–Crippen LogP) is 3.28. The molecule has 0 aromatic rings. The Morgan fingerprint density at radius 3 is 2.47 bits per heavy atom. The summed E-state index contributed by atoms with van der Waals surface area (Å²) in [6.07, 6.45) is 8.41. The molecular weight excluding hydrogens is 212 g/mol. The van der Waals surface area contributed by atoms with Crippen LogP contribution in [0.2, 0.25) is 0 Å². The van der Waals surface area contributed by atoms with Crippen LogP contribution in [-0.2, 0) is 0 Å². The van der Waals surface area contributed by atoms with Crippen molar-refractivity contribution in [2.24, 2.45) is 11.3 Å². The van der Waals surface area contributed by atoms with Crippen LogP contribution >= 0.6 is 0 Å². The van der Waals surface area contributed by atoms with Gasteiger partial charge >= 0.3 is 0 Å². The van der Waals surface area contributed by atoms with E-state index in [0.29, 0.717) is 0 Å². The van der Waals surface area contributed by atoms with Crippen LogP contribution in [0.15, 0.2) is 12.2 Å². The molecule has 0 saturated heterocycles. The van der Waals surface area contributed by atoms with Crippen LogP contribution in [0.4, 0.5) is 0 Å². The smallest absolute Gasteiger partial charge is 0.0720 e. The normalized spacial score (nSPS) is 35.1. The third-order valence-corrected chi connectivity index (χ3v) is 4.13. The molecule has 0 amide bonds. The summed E-state index contributed by atoms with van der Waals surface area (Å²) in [6, 6.07) is 0. The molecule has 17 heavy (non-hydrogen) atoms. The van der Waals surface area contributed by atoms with Crippen LogP contribution in [0.1, 0.15) is 59.8 Å². The van der Waals surface area contributed by atoms with E-state index in [9.17, 15) is 10.2 Å². The standard InChI is InChI=1S/C15H28O2/c1-5-7-12(16)8-9-13-14(2,3)10-6-11-15(13,4)17/h8-9,12-13,16-17H,5-7,10-11H2,1-4H3. The second-order valence-electron chi connectivity index (χ2n) is 6.42. The minimum Gasteiger partial charge on any atom is -0.390 e. The largest absolute Gasteiger partial charge is 0.390 e. The van der Waals surface area contributed by atoms with E-state index in [-0.39, 0.29) is 17.4 Å². The first-order valence-electron chi connectivity index (χ1n) is 6.88. The van der Waals surface area contributed by atoms with Gasteiger partial charge in [0.1, 0.15) is 0 Å². The van der Waals surface area contributed by atoms with Crippen molar-refractivity contribution in [3.8, 4) is 0 Å². The van der Waals surface area contributed by atoms with Crippen LogP contribution in [0, 0.1) is 11.3 Å². The molecule has 100 valence electrons. The molecule has 3 unspecified atom stereocenters. The van der Waals surface area contributed by atoms with Gasteiger partial charge in [0.2, 0.25) is 0 Å². The summed E-state index contributed by atoms with van der Waals surface area (Å²) >= 11 is 0. The summed E-state index contributed by atoms with van der Waals surface area (Å²) in [4.78, 5) is 0. The van der Waals surface area contributed by atoms with E-state index in [4.69, 9.17) is 0 Å². The third-order valence-electron chi connectivity index (χ3n) is 4.13. The van der Waals surface area contributed by atoms with Crippen molar-refractivity contribution in [2.75, 3.05) is 0 Å². The average molecular weight is 240 g/mol. The van der Waals surface area contributed by atoms with Gasteiger partial charge in [-0.2, -0.15) is 0 Å². The van der Waals surface area contributed by atoms with Crippen LogP contribution < -0.4 is 0 Å². The molecule has 0 aliphatic heterocycles. The van der Waals surface area contributed by atoms with Crippen molar-refractivity contribution in [3.05, 3.63) is 12.2 Å². The van der Waals surface area contributed by atoms with E-state index in [1.165, 1.54) is 0 Å². The summed E-state index contributed by atoms with van der Waals surface area (Å²) in [6.45, 7) is 8.41. The van der Waals surface area contributed by atoms with Crippen molar-refractivity contribution in [1.29, 1.82) is 0 Å². The fourth-order valence-corrected chi connectivity index (χ4v) is 3.15. The molecule has 1 saturated carbocycles. The lowest BCUT2D eigenvalue weighted by molar-refractivity contribution is -0.0664. The molecule has 0 aromatic heterocycles. The second kappa shape index (κ2) is 5.53. The van der Waals surface area contributed by atoms with Crippen LogP contribution in [0.5, 0.6) is 0 Å². The molecule has 1 aliphatic carbocycles. The first-order valence-corrected chi connectivity index (χ1v) is 6.88. The van der Waals surface area contributed by atoms with E-state index < -0.39 is 5.60 Å². The Morgan fingerprint density at radius 2 is 1.94 bits per heavy atom. The van der Waals surface area contributed by atoms with Crippen molar-refractivity contribution in [3.63, 3.8) is 0 Å². The highest BCUT2D eigenvalue weighted by Gasteiger charge is 2.43. The molecule has 1 aliphatic rings. The van der Waals surface area contributed by atoms with E-state index in [1.807, 2.05) is 19.1 Å². The van der Waals surface area contributed by atoms with Gasteiger partial charge in [-0.3, -0.25) is 0 Å². The zero-order valence-corrected chi connectivity index (χ0v) is 11.7. The number of aliphatic hydroxyl groups excluding tert-OH is 1. The van der Waals surface area contributed by atoms with Gasteiger partial charge in [-0.1, -0.05) is 45.8 Å². The summed E-state index contributed by atoms with van der Waals surface area (Å²) in [5.74, 6) is 0.134. The highest BCUT2D eigenvalue weighted by atomic mass is 16.3. The third kappa shape index (κ3) is 3.82. The van der Waals surface area contributed by atoms with E-state index >= 15 is 0 Å². The Labute approximate surface area is 106 Å². The number of hydrogen-bond donors (Lipinski definition) is 2. The Balaban J connectivity index is 2.76. The minimum atomic E-state index is -0.635. The number of rotatable bonds is 4. The summed E-state index contributed by atoms with van der Waals surface area (Å²) in [7, 11) is 0. The van der Waals surface area contributed by atoms with Gasteiger partial charge < -0.3 is 10.2 Å². The van der Waals surface area contributed by atoms with Crippen molar-refractivity contribution >= 4 is 0 Å². The maximum atomic E-state index is 10.5. The molecule has 0 heterocycles. The maximum absolute atomic E-state index is 10.5. The van der Waals surface area contributed by atoms with Gasteiger partial charge in [0.25, 0.3) is 0 Å². The summed E-state index contributed by atoms with van der Waals surface area (Å²) < 4.78 is 0. The van der Waals surface area contributed by atoms with Crippen molar-refractivity contribution in [2.45, 2.75) is 71.5 Å². The van der Waals surface area contributed by atoms with Crippen LogP contribution in [0.3, 0.4) is 0 Å². The Hall–Kier alpha value is -0.340. The van der Waals surface area contributed by atoms with Crippen LogP contribution in [-0.4, -0.2) is 21.9 Å². The molecule has 2 N–H and O–H groups in total. The minimum absolute atomic E-state index is 0.115. The van der Waals surface area contributed by atoms with Gasteiger partial charge in [-0.15, -0.1) is 0 Å². The lowest BCUT2D eigenvalue weighted by Crippen LogP contribution is -2.46. The predicted molar refractivity (Wildman–Crippen MR) is 71.8 cm³/mol. The molecule has 1 rings (SSSR count). The van der Waals surface area contributed by atoms with E-state index in [0.717, 1.165) is 32.1 Å². The quantitative estimate of drug-likeness (QED) is 0.740. The first-order chi connectivity index (χ1) is 7.79. The number of hydrogen-bond acceptors (Lipinski definition) is 2. The second-order valence-corrected chi connectivity index (χ2v) is 6.42. The van der Waals surface area contributed by atoms with E-state index in [2.05, 4.69) is 20.8 Å². The first kappa shape index (κ1) is 14.7. The van der Waals surface area contributed by atoms with Crippen molar-refractivity contribution < 1.29 is 10.2 Å². The molecular formula is C15H28O2. The molecule has 2 nitrogen and oxygen atoms in total. The highest BCUT2D eigenvalue weighted by Crippen LogP contribution is 2.46. The van der Waals surface area contributed by atoms with Gasteiger partial charge in [-0.05, 0) is 31.6 Å². The molecule has 0 radical (unpaired) electrons. The summed E-state index contributed by atoms with van der Waals surface area (Å²) in [5, 5.41) is 20.2. The maximum Gasteiger partial charge on any atom is 0.0720 e. The Bertz CT molecular complexity index is 250. The van der Waals surface area contributed by atoms with E-state index in [1.54, 1.807) is 0 Å². The summed E-state index contributed by atoms with van der Waals surface area (Å²) in [5.41, 5.74) is -0.519. The fraction of sp³-hybridized carbons (Fsp3) is 0.867. The van der Waals surface area contributed by atoms with Gasteiger partial charge in [0.15, 0.2) is 0 Å². The molecule has 0 bridgehead atoms. The van der Waals surface area contributed by atoms with Crippen LogP contribution in [0.25, 0.3) is 0 Å². The molecule has 3 atom stereocenters. The average Bonchev–Trinajstić information content (AvgIpc) is 2.15. The molecule has 0 spiro atoms. The monoisotopic (exact) mass is 240 g/mol. The SMILES string of the molecule is CCCC(O)C=CC1C(C)(C)CCCC1(C)O. The van der Waals surface area contributed by atoms with Gasteiger partial charge in [0, 0.05) is 5.92 Å². The topological polar surface area (TPSA) is 40.5 Å². The zero-order valence-electron chi connectivity index (χ0n) is 11.7. The molecule has 2 heteroatoms. The van der Waals surface area contributed by atoms with Crippen molar-refractivity contribution in [1.82, 2.24) is 0 Å². The fourth-order valence-electron chi connectivity index (χ4n) is 3.15. The highest BCUT2D eigenvalue weighted by molar-refractivity contribution is 5.07. The molecule has 1 fully saturated rings. The lowest BCUT2D eigenvalue weighted by Gasteiger charge is -2.46. The van der Waals surface area contributed by atoms with Gasteiger partial charge in [-0.25, -0.2) is 0 Å². The number of aliphatic hydroxyl groups is 2. The Morgan fingerprint density at radius 1 is 1.29 bits per heavy atom. The zero-order chi connectivity index (χ0) is 13.1. The Kier molecular flexibility index (Phi) is 4.79. The van der Waals surface area contributed by atoms with Gasteiger partial charge in [0.05, 0.1) is 11.7 Å². The lowest BCUT2D eigenvalue weighted by atomic mass is 9.62.